The average Bonchev–Trinajstić information content (AvgIpc) is 2.92. The van der Waals surface area contributed by atoms with Gasteiger partial charge >= 0.3 is 0 Å². The molecule has 1 unspecified atom stereocenters. The molecule has 0 bridgehead atoms. The first-order chi connectivity index (χ1) is 8.72. The van der Waals surface area contributed by atoms with Gasteiger partial charge in [0.25, 0.3) is 0 Å². The lowest BCUT2D eigenvalue weighted by atomic mass is 10.1. The zero-order valence-corrected chi connectivity index (χ0v) is 11.8. The van der Waals surface area contributed by atoms with Crippen molar-refractivity contribution < 1.29 is 4.42 Å². The van der Waals surface area contributed by atoms with Crippen LogP contribution >= 0.6 is 15.9 Å². The van der Waals surface area contributed by atoms with E-state index in [1.54, 1.807) is 6.20 Å². The Balaban J connectivity index is 1.69. The van der Waals surface area contributed by atoms with E-state index in [2.05, 4.69) is 44.4 Å². The minimum Gasteiger partial charge on any atom is -0.445 e. The highest BCUT2D eigenvalue weighted by molar-refractivity contribution is 9.10. The number of fused-ring (bicyclic) bond motifs is 1. The minimum absolute atomic E-state index is 0.417. The largest absolute Gasteiger partial charge is 0.445 e. The van der Waals surface area contributed by atoms with E-state index in [1.165, 1.54) is 11.1 Å². The fourth-order valence-electron chi connectivity index (χ4n) is 2.49. The van der Waals surface area contributed by atoms with Gasteiger partial charge in [0.1, 0.15) is 5.76 Å². The molecule has 94 valence electrons. The van der Waals surface area contributed by atoms with Crippen molar-refractivity contribution in [2.24, 2.45) is 0 Å². The Morgan fingerprint density at radius 1 is 1.50 bits per heavy atom. The van der Waals surface area contributed by atoms with E-state index in [4.69, 9.17) is 4.42 Å². The molecule has 1 aliphatic rings. The molecule has 0 fully saturated rings. The quantitative estimate of drug-likeness (QED) is 0.943. The molecule has 3 nitrogen and oxygen atoms in total. The zero-order chi connectivity index (χ0) is 12.5. The Bertz CT molecular complexity index is 565. The van der Waals surface area contributed by atoms with Crippen molar-refractivity contribution in [2.45, 2.75) is 32.4 Å². The highest BCUT2D eigenvalue weighted by Crippen LogP contribution is 2.33. The van der Waals surface area contributed by atoms with Gasteiger partial charge in [-0.3, -0.25) is 0 Å². The van der Waals surface area contributed by atoms with Crippen LogP contribution in [0.3, 0.4) is 0 Å². The van der Waals surface area contributed by atoms with E-state index in [-0.39, 0.29) is 0 Å². The highest BCUT2D eigenvalue weighted by atomic mass is 79.9. The Morgan fingerprint density at radius 2 is 2.39 bits per heavy atom. The van der Waals surface area contributed by atoms with Gasteiger partial charge in [-0.1, -0.05) is 22.0 Å². The molecular weight excluding hydrogens is 292 g/mol. The minimum atomic E-state index is 0.417. The summed E-state index contributed by atoms with van der Waals surface area (Å²) in [5.41, 5.74) is 2.84. The predicted molar refractivity (Wildman–Crippen MR) is 73.3 cm³/mol. The fraction of sp³-hybridized carbons (Fsp3) is 0.357. The maximum Gasteiger partial charge on any atom is 0.208 e. The summed E-state index contributed by atoms with van der Waals surface area (Å²) in [7, 11) is 0. The molecule has 0 saturated carbocycles. The Labute approximate surface area is 115 Å². The van der Waals surface area contributed by atoms with Crippen molar-refractivity contribution in [3.8, 4) is 0 Å². The third-order valence-electron chi connectivity index (χ3n) is 3.35. The number of hydrogen-bond acceptors (Lipinski definition) is 3. The van der Waals surface area contributed by atoms with Crippen LogP contribution in [0.5, 0.6) is 0 Å². The molecule has 0 spiro atoms. The van der Waals surface area contributed by atoms with Crippen molar-refractivity contribution in [2.75, 3.05) is 0 Å². The summed E-state index contributed by atoms with van der Waals surface area (Å²) in [6.07, 6.45) is 4.04. The molecule has 1 heterocycles. The third-order valence-corrected chi connectivity index (χ3v) is 3.84. The standard InChI is InChI=1S/C14H15BrN2O/c1-9-7-17-14(18-9)8-16-13-5-2-10-6-11(15)3-4-12(10)13/h3-4,6-7,13,16H,2,5,8H2,1H3. The molecular formula is C14H15BrN2O. The molecule has 1 aliphatic carbocycles. The number of benzene rings is 1. The van der Waals surface area contributed by atoms with Gasteiger partial charge in [-0.2, -0.15) is 0 Å². The third kappa shape index (κ3) is 2.35. The van der Waals surface area contributed by atoms with Gasteiger partial charge in [0.15, 0.2) is 0 Å². The highest BCUT2D eigenvalue weighted by Gasteiger charge is 2.22. The molecule has 1 aromatic heterocycles. The van der Waals surface area contributed by atoms with Crippen LogP contribution in [0.4, 0.5) is 0 Å². The number of nitrogens with zero attached hydrogens (tertiary/aromatic N) is 1. The van der Waals surface area contributed by atoms with Crippen molar-refractivity contribution in [3.05, 3.63) is 51.6 Å². The monoisotopic (exact) mass is 306 g/mol. The van der Waals surface area contributed by atoms with Gasteiger partial charge in [0.2, 0.25) is 5.89 Å². The van der Waals surface area contributed by atoms with Crippen LogP contribution in [0.15, 0.2) is 33.3 Å². The fourth-order valence-corrected chi connectivity index (χ4v) is 2.90. The first kappa shape index (κ1) is 11.9. The summed E-state index contributed by atoms with van der Waals surface area (Å²) in [4.78, 5) is 4.21. The maximum absolute atomic E-state index is 5.47. The van der Waals surface area contributed by atoms with Crippen LogP contribution in [0.2, 0.25) is 0 Å². The Kier molecular flexibility index (Phi) is 3.22. The molecule has 1 aromatic carbocycles. The second-order valence-corrected chi connectivity index (χ2v) is 5.60. The second kappa shape index (κ2) is 4.86. The summed E-state index contributed by atoms with van der Waals surface area (Å²) in [6.45, 7) is 2.60. The zero-order valence-electron chi connectivity index (χ0n) is 10.2. The lowest BCUT2D eigenvalue weighted by molar-refractivity contribution is 0.423. The van der Waals surface area contributed by atoms with E-state index in [9.17, 15) is 0 Å². The number of halogens is 1. The molecule has 18 heavy (non-hydrogen) atoms. The molecule has 1 atom stereocenters. The number of oxazole rings is 1. The molecule has 4 heteroatoms. The smallest absolute Gasteiger partial charge is 0.208 e. The molecule has 2 aromatic rings. The summed E-state index contributed by atoms with van der Waals surface area (Å²) < 4.78 is 6.63. The van der Waals surface area contributed by atoms with Gasteiger partial charge in [0.05, 0.1) is 12.7 Å². The van der Waals surface area contributed by atoms with Crippen LogP contribution < -0.4 is 5.32 Å². The lowest BCUT2D eigenvalue weighted by Gasteiger charge is -2.12. The molecule has 0 aliphatic heterocycles. The predicted octanol–water partition coefficient (Wildman–Crippen LogP) is 3.52. The summed E-state index contributed by atoms with van der Waals surface area (Å²) in [6, 6.07) is 6.94. The van der Waals surface area contributed by atoms with Crippen LogP contribution in [0.1, 0.15) is 35.2 Å². The summed E-state index contributed by atoms with van der Waals surface area (Å²) in [5.74, 6) is 1.63. The van der Waals surface area contributed by atoms with Crippen LogP contribution in [-0.4, -0.2) is 4.98 Å². The molecule has 0 radical (unpaired) electrons. The number of aryl methyl sites for hydroxylation is 2. The van der Waals surface area contributed by atoms with Crippen molar-refractivity contribution in [1.82, 2.24) is 10.3 Å². The first-order valence-corrected chi connectivity index (χ1v) is 6.95. The second-order valence-electron chi connectivity index (χ2n) is 4.68. The van der Waals surface area contributed by atoms with Gasteiger partial charge in [-0.25, -0.2) is 4.98 Å². The van der Waals surface area contributed by atoms with E-state index in [1.807, 2.05) is 6.92 Å². The normalized spacial score (nSPS) is 18.0. The van der Waals surface area contributed by atoms with Crippen LogP contribution in [0, 0.1) is 6.92 Å². The number of rotatable bonds is 3. The van der Waals surface area contributed by atoms with Crippen LogP contribution in [0.25, 0.3) is 0 Å². The van der Waals surface area contributed by atoms with Crippen molar-refractivity contribution >= 4 is 15.9 Å². The van der Waals surface area contributed by atoms with E-state index >= 15 is 0 Å². The van der Waals surface area contributed by atoms with Gasteiger partial charge < -0.3 is 9.73 Å². The van der Waals surface area contributed by atoms with E-state index < -0.39 is 0 Å². The topological polar surface area (TPSA) is 38.1 Å². The van der Waals surface area contributed by atoms with E-state index in [0.29, 0.717) is 12.6 Å². The average molecular weight is 307 g/mol. The van der Waals surface area contributed by atoms with E-state index in [0.717, 1.165) is 29.0 Å². The number of aromatic nitrogens is 1. The lowest BCUT2D eigenvalue weighted by Crippen LogP contribution is -2.18. The summed E-state index contributed by atoms with van der Waals surface area (Å²) >= 11 is 3.52. The molecule has 0 saturated heterocycles. The SMILES string of the molecule is Cc1cnc(CNC2CCc3cc(Br)ccc32)o1. The molecule has 3 rings (SSSR count). The van der Waals surface area contributed by atoms with Crippen molar-refractivity contribution in [3.63, 3.8) is 0 Å². The summed E-state index contributed by atoms with van der Waals surface area (Å²) in [5, 5.41) is 3.52. The molecule has 0 amide bonds. The number of nitrogens with one attached hydrogen (secondary N) is 1. The maximum atomic E-state index is 5.47. The van der Waals surface area contributed by atoms with Gasteiger partial charge in [0, 0.05) is 10.5 Å². The Hall–Kier alpha value is -1.13. The Morgan fingerprint density at radius 3 is 3.17 bits per heavy atom. The molecule has 1 N–H and O–H groups in total. The van der Waals surface area contributed by atoms with Gasteiger partial charge in [-0.05, 0) is 43.0 Å². The first-order valence-electron chi connectivity index (χ1n) is 6.15. The number of hydrogen-bond donors (Lipinski definition) is 1. The van der Waals surface area contributed by atoms with Crippen LogP contribution in [-0.2, 0) is 13.0 Å². The van der Waals surface area contributed by atoms with Crippen molar-refractivity contribution in [1.29, 1.82) is 0 Å². The van der Waals surface area contributed by atoms with Gasteiger partial charge in [-0.15, -0.1) is 0 Å².